The van der Waals surface area contributed by atoms with Crippen molar-refractivity contribution in [1.82, 2.24) is 4.98 Å². The summed E-state index contributed by atoms with van der Waals surface area (Å²) in [6.07, 6.45) is 0. The van der Waals surface area contributed by atoms with E-state index in [1.165, 1.54) is 16.9 Å². The predicted octanol–water partition coefficient (Wildman–Crippen LogP) is 5.81. The molecule has 3 nitrogen and oxygen atoms in total. The van der Waals surface area contributed by atoms with Crippen LogP contribution in [0.4, 0.5) is 5.13 Å². The van der Waals surface area contributed by atoms with Crippen LogP contribution in [0.15, 0.2) is 36.4 Å². The van der Waals surface area contributed by atoms with Crippen LogP contribution in [-0.4, -0.2) is 10.9 Å². The summed E-state index contributed by atoms with van der Waals surface area (Å²) < 4.78 is 0.898. The lowest BCUT2D eigenvalue weighted by molar-refractivity contribution is 0.102. The van der Waals surface area contributed by atoms with Crippen LogP contribution in [0.3, 0.4) is 0 Å². The lowest BCUT2D eigenvalue weighted by atomic mass is 9.87. The Morgan fingerprint density at radius 3 is 2.38 bits per heavy atom. The summed E-state index contributed by atoms with van der Waals surface area (Å²) in [4.78, 5) is 16.9. The Morgan fingerprint density at radius 1 is 1.12 bits per heavy atom. The number of hydrogen-bond acceptors (Lipinski definition) is 3. The molecule has 0 fully saturated rings. The van der Waals surface area contributed by atoms with Gasteiger partial charge >= 0.3 is 0 Å². The number of fused-ring (bicyclic) bond motifs is 1. The zero-order valence-corrected chi connectivity index (χ0v) is 15.7. The fraction of sp³-hybridized carbons (Fsp3) is 0.263. The third kappa shape index (κ3) is 3.30. The second-order valence-corrected chi connectivity index (χ2v) is 8.25. The van der Waals surface area contributed by atoms with Crippen molar-refractivity contribution in [3.05, 3.63) is 58.1 Å². The number of thiazole rings is 1. The number of anilines is 1. The Labute approximate surface area is 150 Å². The molecule has 3 aromatic rings. The number of halogens is 1. The molecule has 0 saturated carbocycles. The van der Waals surface area contributed by atoms with Gasteiger partial charge in [-0.2, -0.15) is 0 Å². The van der Waals surface area contributed by atoms with Gasteiger partial charge in [0.05, 0.1) is 15.2 Å². The summed E-state index contributed by atoms with van der Waals surface area (Å²) in [6.45, 7) is 8.43. The van der Waals surface area contributed by atoms with E-state index in [0.29, 0.717) is 15.7 Å². The van der Waals surface area contributed by atoms with Crippen molar-refractivity contribution in [3.8, 4) is 0 Å². The minimum absolute atomic E-state index is 0.0658. The highest BCUT2D eigenvalue weighted by atomic mass is 35.5. The number of aryl methyl sites for hydroxylation is 1. The van der Waals surface area contributed by atoms with E-state index in [9.17, 15) is 4.79 Å². The Balaban J connectivity index is 1.85. The van der Waals surface area contributed by atoms with Crippen molar-refractivity contribution in [1.29, 1.82) is 0 Å². The van der Waals surface area contributed by atoms with Gasteiger partial charge in [0, 0.05) is 5.56 Å². The van der Waals surface area contributed by atoms with E-state index < -0.39 is 0 Å². The second kappa shape index (κ2) is 6.19. The number of benzene rings is 2. The maximum atomic E-state index is 12.4. The van der Waals surface area contributed by atoms with Gasteiger partial charge in [0.15, 0.2) is 5.13 Å². The summed E-state index contributed by atoms with van der Waals surface area (Å²) in [7, 11) is 0. The van der Waals surface area contributed by atoms with Crippen molar-refractivity contribution in [2.24, 2.45) is 0 Å². The Bertz CT molecular complexity index is 869. The number of nitrogens with one attached hydrogen (secondary N) is 1. The highest BCUT2D eigenvalue weighted by molar-refractivity contribution is 7.23. The average Bonchev–Trinajstić information content (AvgIpc) is 2.95. The summed E-state index contributed by atoms with van der Waals surface area (Å²) in [6, 6.07) is 11.5. The van der Waals surface area contributed by atoms with Crippen LogP contribution in [-0.2, 0) is 5.41 Å². The monoisotopic (exact) mass is 358 g/mol. The molecule has 24 heavy (non-hydrogen) atoms. The number of carbonyl (C=O) groups is 1. The summed E-state index contributed by atoms with van der Waals surface area (Å²) in [5, 5.41) is 4.09. The molecule has 0 aliphatic heterocycles. The van der Waals surface area contributed by atoms with Gasteiger partial charge < -0.3 is 0 Å². The van der Waals surface area contributed by atoms with Gasteiger partial charge in [0.2, 0.25) is 0 Å². The highest BCUT2D eigenvalue weighted by Crippen LogP contribution is 2.34. The summed E-state index contributed by atoms with van der Waals surface area (Å²) in [5.74, 6) is -0.164. The Hall–Kier alpha value is -1.91. The molecule has 0 spiro atoms. The van der Waals surface area contributed by atoms with Crippen molar-refractivity contribution in [2.75, 3.05) is 5.32 Å². The fourth-order valence-corrected chi connectivity index (χ4v) is 3.66. The van der Waals surface area contributed by atoms with Gasteiger partial charge in [0.25, 0.3) is 5.91 Å². The van der Waals surface area contributed by atoms with Gasteiger partial charge in [-0.05, 0) is 41.7 Å². The van der Waals surface area contributed by atoms with E-state index in [-0.39, 0.29) is 11.3 Å². The van der Waals surface area contributed by atoms with Crippen LogP contribution in [0, 0.1) is 6.92 Å². The molecule has 1 N–H and O–H groups in total. The topological polar surface area (TPSA) is 42.0 Å². The van der Waals surface area contributed by atoms with Crippen molar-refractivity contribution < 1.29 is 4.79 Å². The molecule has 1 amide bonds. The van der Waals surface area contributed by atoms with Crippen molar-refractivity contribution >= 4 is 44.2 Å². The van der Waals surface area contributed by atoms with Gasteiger partial charge in [-0.25, -0.2) is 4.98 Å². The first-order chi connectivity index (χ1) is 11.3. The molecule has 0 aliphatic rings. The van der Waals surface area contributed by atoms with Crippen LogP contribution in [0.2, 0.25) is 5.02 Å². The van der Waals surface area contributed by atoms with Gasteiger partial charge in [-0.1, -0.05) is 61.9 Å². The Kier molecular flexibility index (Phi) is 4.37. The van der Waals surface area contributed by atoms with E-state index in [4.69, 9.17) is 11.6 Å². The van der Waals surface area contributed by atoms with Gasteiger partial charge in [-0.3, -0.25) is 10.1 Å². The number of amides is 1. The zero-order valence-electron chi connectivity index (χ0n) is 14.1. The largest absolute Gasteiger partial charge is 0.298 e. The van der Waals surface area contributed by atoms with Crippen LogP contribution < -0.4 is 5.32 Å². The zero-order chi connectivity index (χ0) is 17.5. The molecular formula is C19H19ClN2OS. The molecule has 2 aromatic carbocycles. The molecule has 1 aromatic heterocycles. The van der Waals surface area contributed by atoms with Crippen LogP contribution in [0.25, 0.3) is 10.2 Å². The molecule has 0 bridgehead atoms. The van der Waals surface area contributed by atoms with E-state index in [1.807, 2.05) is 43.3 Å². The first kappa shape index (κ1) is 16.9. The predicted molar refractivity (Wildman–Crippen MR) is 102 cm³/mol. The summed E-state index contributed by atoms with van der Waals surface area (Å²) in [5.41, 5.74) is 3.76. The molecule has 0 radical (unpaired) electrons. The molecule has 124 valence electrons. The number of hydrogen-bond donors (Lipinski definition) is 1. The molecule has 0 unspecified atom stereocenters. The smallest absolute Gasteiger partial charge is 0.257 e. The van der Waals surface area contributed by atoms with Crippen LogP contribution in [0.1, 0.15) is 42.3 Å². The lowest BCUT2D eigenvalue weighted by Crippen LogP contribution is -2.14. The maximum absolute atomic E-state index is 12.4. The van der Waals surface area contributed by atoms with Gasteiger partial charge in [0.1, 0.15) is 0 Å². The SMILES string of the molecule is Cc1ccc(Cl)c2sc(NC(=O)c3ccc(C(C)(C)C)cc3)nc12. The summed E-state index contributed by atoms with van der Waals surface area (Å²) >= 11 is 7.61. The van der Waals surface area contributed by atoms with E-state index in [0.717, 1.165) is 15.8 Å². The van der Waals surface area contributed by atoms with Crippen molar-refractivity contribution in [3.63, 3.8) is 0 Å². The fourth-order valence-electron chi connectivity index (χ4n) is 2.45. The normalized spacial score (nSPS) is 11.7. The lowest BCUT2D eigenvalue weighted by Gasteiger charge is -2.18. The third-order valence-corrected chi connectivity index (χ3v) is 5.36. The van der Waals surface area contributed by atoms with Crippen LogP contribution >= 0.6 is 22.9 Å². The van der Waals surface area contributed by atoms with Gasteiger partial charge in [-0.15, -0.1) is 0 Å². The minimum atomic E-state index is -0.164. The number of aromatic nitrogens is 1. The molecule has 3 rings (SSSR count). The first-order valence-corrected chi connectivity index (χ1v) is 8.93. The van der Waals surface area contributed by atoms with Crippen molar-refractivity contribution in [2.45, 2.75) is 33.1 Å². The number of nitrogens with zero attached hydrogens (tertiary/aromatic N) is 1. The standard InChI is InChI=1S/C19H19ClN2OS/c1-11-5-10-14(20)16-15(11)21-18(24-16)22-17(23)12-6-8-13(9-7-12)19(2,3)4/h5-10H,1-4H3,(H,21,22,23). The molecule has 0 atom stereocenters. The Morgan fingerprint density at radius 2 is 1.79 bits per heavy atom. The van der Waals surface area contributed by atoms with Crippen LogP contribution in [0.5, 0.6) is 0 Å². The minimum Gasteiger partial charge on any atom is -0.298 e. The average molecular weight is 359 g/mol. The number of rotatable bonds is 2. The molecule has 1 heterocycles. The number of carbonyl (C=O) groups excluding carboxylic acids is 1. The second-order valence-electron chi connectivity index (χ2n) is 6.84. The molecule has 5 heteroatoms. The molecule has 0 aliphatic carbocycles. The molecule has 0 saturated heterocycles. The highest BCUT2D eigenvalue weighted by Gasteiger charge is 2.16. The van der Waals surface area contributed by atoms with E-state index >= 15 is 0 Å². The molecular weight excluding hydrogens is 340 g/mol. The first-order valence-electron chi connectivity index (χ1n) is 7.73. The quantitative estimate of drug-likeness (QED) is 0.628. The maximum Gasteiger partial charge on any atom is 0.257 e. The van der Waals surface area contributed by atoms with E-state index in [2.05, 4.69) is 31.1 Å². The third-order valence-electron chi connectivity index (χ3n) is 3.93. The van der Waals surface area contributed by atoms with E-state index in [1.54, 1.807) is 0 Å².